The summed E-state index contributed by atoms with van der Waals surface area (Å²) in [5, 5.41) is 4.35. The molecular formula is C23H31N7O. The SMILES string of the molecule is CCn1cc(CN(C)Cc2ccc3n(c2=O)C[C@H]2C[C@@H]3CN(Cc3ncc[nH]3)C2)cn1. The van der Waals surface area contributed by atoms with E-state index >= 15 is 0 Å². The highest BCUT2D eigenvalue weighted by atomic mass is 16.1. The maximum absolute atomic E-state index is 13.3. The van der Waals surface area contributed by atoms with E-state index in [2.05, 4.69) is 55.7 Å². The van der Waals surface area contributed by atoms with Crippen LogP contribution in [0.2, 0.25) is 0 Å². The lowest BCUT2D eigenvalue weighted by Crippen LogP contribution is -2.47. The van der Waals surface area contributed by atoms with Gasteiger partial charge in [0.05, 0.1) is 12.7 Å². The minimum atomic E-state index is 0.183. The zero-order chi connectivity index (χ0) is 21.4. The third kappa shape index (κ3) is 4.22. The molecule has 8 heteroatoms. The zero-order valence-electron chi connectivity index (χ0n) is 18.4. The van der Waals surface area contributed by atoms with Gasteiger partial charge in [-0.3, -0.25) is 19.3 Å². The second kappa shape index (κ2) is 8.43. The molecule has 1 fully saturated rings. The highest BCUT2D eigenvalue weighted by Gasteiger charge is 2.35. The lowest BCUT2D eigenvalue weighted by atomic mass is 9.83. The molecule has 8 nitrogen and oxygen atoms in total. The van der Waals surface area contributed by atoms with Gasteiger partial charge in [0.2, 0.25) is 0 Å². The summed E-state index contributed by atoms with van der Waals surface area (Å²) in [6.07, 6.45) is 8.85. The molecule has 0 saturated carbocycles. The number of likely N-dealkylation sites (tertiary alicyclic amines) is 1. The number of pyridine rings is 1. The molecule has 0 amide bonds. The van der Waals surface area contributed by atoms with Crippen molar-refractivity contribution in [3.63, 3.8) is 0 Å². The Morgan fingerprint density at radius 2 is 2.13 bits per heavy atom. The Hall–Kier alpha value is -2.71. The minimum Gasteiger partial charge on any atom is -0.348 e. The van der Waals surface area contributed by atoms with Gasteiger partial charge >= 0.3 is 0 Å². The lowest BCUT2D eigenvalue weighted by molar-refractivity contribution is 0.112. The largest absolute Gasteiger partial charge is 0.348 e. The fourth-order valence-electron chi connectivity index (χ4n) is 5.26. The predicted octanol–water partition coefficient (Wildman–Crippen LogP) is 2.04. The first-order valence-electron chi connectivity index (χ1n) is 11.2. The van der Waals surface area contributed by atoms with Crippen LogP contribution in [0, 0.1) is 5.92 Å². The maximum atomic E-state index is 13.3. The van der Waals surface area contributed by atoms with Crippen LogP contribution >= 0.6 is 0 Å². The van der Waals surface area contributed by atoms with Crippen molar-refractivity contribution in [1.82, 2.24) is 34.1 Å². The molecule has 5 heterocycles. The molecule has 3 aromatic heterocycles. The van der Waals surface area contributed by atoms with E-state index in [0.29, 0.717) is 18.4 Å². The van der Waals surface area contributed by atoms with E-state index in [4.69, 9.17) is 0 Å². The molecule has 2 aliphatic rings. The average Bonchev–Trinajstić information content (AvgIpc) is 3.42. The minimum absolute atomic E-state index is 0.183. The summed E-state index contributed by atoms with van der Waals surface area (Å²) in [5.41, 5.74) is 3.43. The molecule has 2 atom stereocenters. The number of H-pyrrole nitrogens is 1. The maximum Gasteiger partial charge on any atom is 0.255 e. The van der Waals surface area contributed by atoms with Crippen molar-refractivity contribution in [2.45, 2.75) is 52.0 Å². The number of aromatic nitrogens is 5. The van der Waals surface area contributed by atoms with Crippen molar-refractivity contribution in [1.29, 1.82) is 0 Å². The van der Waals surface area contributed by atoms with Crippen LogP contribution in [0.1, 0.15) is 41.9 Å². The van der Waals surface area contributed by atoms with Crippen LogP contribution < -0.4 is 5.56 Å². The second-order valence-corrected chi connectivity index (χ2v) is 9.10. The molecule has 1 N–H and O–H groups in total. The van der Waals surface area contributed by atoms with Gasteiger partial charge in [-0.15, -0.1) is 0 Å². The molecule has 1 saturated heterocycles. The summed E-state index contributed by atoms with van der Waals surface area (Å²) >= 11 is 0. The Balaban J connectivity index is 1.29. The molecule has 3 aromatic rings. The molecule has 5 rings (SSSR count). The van der Waals surface area contributed by atoms with E-state index < -0.39 is 0 Å². The quantitative estimate of drug-likeness (QED) is 0.632. The van der Waals surface area contributed by atoms with Gasteiger partial charge in [-0.05, 0) is 32.4 Å². The number of nitrogens with zero attached hydrogens (tertiary/aromatic N) is 6. The van der Waals surface area contributed by atoms with Gasteiger partial charge in [-0.1, -0.05) is 6.07 Å². The number of fused-ring (bicyclic) bond motifs is 4. The summed E-state index contributed by atoms with van der Waals surface area (Å²) in [6, 6.07) is 4.24. The van der Waals surface area contributed by atoms with Crippen LogP contribution in [0.5, 0.6) is 0 Å². The number of piperidine rings is 1. The number of aryl methyl sites for hydroxylation is 1. The monoisotopic (exact) mass is 421 g/mol. The highest BCUT2D eigenvalue weighted by molar-refractivity contribution is 5.22. The summed E-state index contributed by atoms with van der Waals surface area (Å²) in [4.78, 5) is 25.6. The van der Waals surface area contributed by atoms with Crippen molar-refractivity contribution >= 4 is 0 Å². The number of imidazole rings is 1. The summed E-state index contributed by atoms with van der Waals surface area (Å²) in [7, 11) is 2.06. The molecular weight excluding hydrogens is 390 g/mol. The molecule has 0 spiro atoms. The van der Waals surface area contributed by atoms with Gasteiger partial charge in [0, 0.05) is 80.6 Å². The van der Waals surface area contributed by atoms with Gasteiger partial charge < -0.3 is 9.55 Å². The van der Waals surface area contributed by atoms with E-state index in [-0.39, 0.29) is 5.56 Å². The Bertz CT molecular complexity index is 1080. The topological polar surface area (TPSA) is 75.0 Å². The van der Waals surface area contributed by atoms with Gasteiger partial charge in [-0.2, -0.15) is 5.10 Å². The smallest absolute Gasteiger partial charge is 0.255 e. The average molecular weight is 422 g/mol. The number of rotatable bonds is 7. The van der Waals surface area contributed by atoms with Gasteiger partial charge in [0.25, 0.3) is 5.56 Å². The van der Waals surface area contributed by atoms with Crippen LogP contribution in [-0.2, 0) is 32.7 Å². The van der Waals surface area contributed by atoms with Gasteiger partial charge in [-0.25, -0.2) is 4.98 Å². The molecule has 2 bridgehead atoms. The molecule has 0 aromatic carbocycles. The van der Waals surface area contributed by atoms with E-state index in [9.17, 15) is 4.79 Å². The Morgan fingerprint density at radius 1 is 1.23 bits per heavy atom. The van der Waals surface area contributed by atoms with E-state index in [0.717, 1.165) is 50.7 Å². The summed E-state index contributed by atoms with van der Waals surface area (Å²) in [5.74, 6) is 1.95. The fraction of sp³-hybridized carbons (Fsp3) is 0.522. The molecule has 0 unspecified atom stereocenters. The summed E-state index contributed by atoms with van der Waals surface area (Å²) < 4.78 is 3.99. The normalized spacial score (nSPS) is 20.9. The Morgan fingerprint density at radius 3 is 2.90 bits per heavy atom. The standard InChI is InChI=1S/C23H31N7O/c1-3-29-12-18(9-26-29)10-27(2)14-19-4-5-21-20-8-17(13-30(21)23(19)31)11-28(15-20)16-22-24-6-7-25-22/h4-7,9,12,17,20H,3,8,10-11,13-16H2,1-2H3,(H,24,25)/t17-,20+/m0/s1. The lowest BCUT2D eigenvalue weighted by Gasteiger charge is -2.42. The fourth-order valence-corrected chi connectivity index (χ4v) is 5.26. The second-order valence-electron chi connectivity index (χ2n) is 9.10. The highest BCUT2D eigenvalue weighted by Crippen LogP contribution is 2.35. The van der Waals surface area contributed by atoms with E-state index in [1.165, 1.54) is 17.7 Å². The number of nitrogens with one attached hydrogen (secondary N) is 1. The third-order valence-electron chi connectivity index (χ3n) is 6.59. The van der Waals surface area contributed by atoms with Crippen molar-refractivity contribution in [3.8, 4) is 0 Å². The van der Waals surface area contributed by atoms with Crippen LogP contribution in [0.4, 0.5) is 0 Å². The number of hydrogen-bond acceptors (Lipinski definition) is 5. The van der Waals surface area contributed by atoms with Crippen LogP contribution in [0.15, 0.2) is 41.7 Å². The first-order chi connectivity index (χ1) is 15.1. The number of hydrogen-bond donors (Lipinski definition) is 1. The Labute approximate surface area is 182 Å². The molecule has 0 aliphatic carbocycles. The van der Waals surface area contributed by atoms with Crippen LogP contribution in [-0.4, -0.2) is 54.3 Å². The van der Waals surface area contributed by atoms with Gasteiger partial charge in [0.15, 0.2) is 0 Å². The number of aromatic amines is 1. The first-order valence-corrected chi connectivity index (χ1v) is 11.2. The molecule has 2 aliphatic heterocycles. The zero-order valence-corrected chi connectivity index (χ0v) is 18.4. The molecule has 31 heavy (non-hydrogen) atoms. The summed E-state index contributed by atoms with van der Waals surface area (Å²) in [6.45, 7) is 8.07. The van der Waals surface area contributed by atoms with Crippen LogP contribution in [0.3, 0.4) is 0 Å². The third-order valence-corrected chi connectivity index (χ3v) is 6.59. The Kier molecular flexibility index (Phi) is 5.50. The van der Waals surface area contributed by atoms with Crippen molar-refractivity contribution in [2.24, 2.45) is 5.92 Å². The van der Waals surface area contributed by atoms with Crippen molar-refractivity contribution in [3.05, 3.63) is 69.9 Å². The van der Waals surface area contributed by atoms with E-state index in [1.807, 2.05) is 29.3 Å². The van der Waals surface area contributed by atoms with Gasteiger partial charge in [0.1, 0.15) is 5.82 Å². The van der Waals surface area contributed by atoms with Crippen molar-refractivity contribution < 1.29 is 0 Å². The van der Waals surface area contributed by atoms with E-state index in [1.54, 1.807) is 0 Å². The van der Waals surface area contributed by atoms with Crippen molar-refractivity contribution in [2.75, 3.05) is 20.1 Å². The molecule has 164 valence electrons. The van der Waals surface area contributed by atoms with Crippen LogP contribution in [0.25, 0.3) is 0 Å². The first kappa shape index (κ1) is 20.2. The molecule has 0 radical (unpaired) electrons. The predicted molar refractivity (Wildman–Crippen MR) is 118 cm³/mol.